The molecule has 0 saturated carbocycles. The lowest BCUT2D eigenvalue weighted by Gasteiger charge is -2.16. The monoisotopic (exact) mass is 199 g/mol. The fraction of sp³-hybridized carbons (Fsp3) is 1.00. The van der Waals surface area contributed by atoms with Crippen LogP contribution >= 0.6 is 0 Å². The van der Waals surface area contributed by atoms with Crippen LogP contribution in [0.3, 0.4) is 0 Å². The van der Waals surface area contributed by atoms with Gasteiger partial charge in [0.1, 0.15) is 0 Å². The smallest absolute Gasteiger partial charge is 0.220 e. The van der Waals surface area contributed by atoms with Crippen LogP contribution in [0.2, 0.25) is 0 Å². The number of rotatable bonds is 1. The molecule has 11 heavy (non-hydrogen) atoms. The summed E-state index contributed by atoms with van der Waals surface area (Å²) in [7, 11) is -3.56. The maximum absolute atomic E-state index is 11.0. The van der Waals surface area contributed by atoms with Gasteiger partial charge in [-0.1, -0.05) is 0 Å². The molecule has 2 unspecified atom stereocenters. The molecule has 0 aromatic rings. The van der Waals surface area contributed by atoms with E-state index in [9.17, 15) is 12.6 Å². The Hall–Kier alpha value is 0.0200. The molecular formula is C4H9NO4S2. The minimum Gasteiger partial charge on any atom is -0.304 e. The molecule has 1 aliphatic rings. The minimum atomic E-state index is -3.56. The molecule has 0 spiro atoms. The van der Waals surface area contributed by atoms with Crippen LogP contribution in [-0.4, -0.2) is 27.1 Å². The lowest BCUT2D eigenvalue weighted by Crippen LogP contribution is -2.48. The van der Waals surface area contributed by atoms with Crippen LogP contribution < -0.4 is 5.73 Å². The van der Waals surface area contributed by atoms with E-state index >= 15 is 0 Å². The second-order valence-corrected chi connectivity index (χ2v) is 6.33. The van der Waals surface area contributed by atoms with Crippen molar-refractivity contribution >= 4 is 20.9 Å². The van der Waals surface area contributed by atoms with Gasteiger partial charge in [-0.05, 0) is 12.8 Å². The van der Waals surface area contributed by atoms with Gasteiger partial charge >= 0.3 is 0 Å². The Kier molecular flexibility index (Phi) is 2.08. The lowest BCUT2D eigenvalue weighted by atomic mass is 10.3. The summed E-state index contributed by atoms with van der Waals surface area (Å²) in [5.74, 6) is -0.0875. The average Bonchev–Trinajstić information content (AvgIpc) is 2.09. The fourth-order valence-electron chi connectivity index (χ4n) is 1.03. The Labute approximate surface area is 67.2 Å². The molecule has 0 bridgehead atoms. The Morgan fingerprint density at radius 3 is 2.27 bits per heavy atom. The summed E-state index contributed by atoms with van der Waals surface area (Å²) in [6.07, 6.45) is 0.434. The molecule has 7 heteroatoms. The largest absolute Gasteiger partial charge is 0.304 e. The van der Waals surface area contributed by atoms with Gasteiger partial charge in [0.25, 0.3) is 0 Å². The first-order valence-electron chi connectivity index (χ1n) is 3.02. The zero-order valence-corrected chi connectivity index (χ0v) is 7.32. The zero-order valence-electron chi connectivity index (χ0n) is 5.69. The van der Waals surface area contributed by atoms with E-state index in [1.807, 2.05) is 0 Å². The molecule has 1 heterocycles. The Balaban J connectivity index is 3.14. The summed E-state index contributed by atoms with van der Waals surface area (Å²) in [5.41, 5.74) is 5.24. The van der Waals surface area contributed by atoms with Crippen LogP contribution in [-0.2, 0) is 20.9 Å². The third kappa shape index (κ3) is 1.22. The summed E-state index contributed by atoms with van der Waals surface area (Å²) in [6.45, 7) is 0. The van der Waals surface area contributed by atoms with Crippen molar-refractivity contribution < 1.29 is 17.2 Å². The van der Waals surface area contributed by atoms with Gasteiger partial charge in [0.2, 0.25) is 4.20 Å². The zero-order chi connectivity index (χ0) is 8.70. The summed E-state index contributed by atoms with van der Waals surface area (Å²) >= 11 is -2.49. The van der Waals surface area contributed by atoms with E-state index in [4.69, 9.17) is 10.3 Å². The van der Waals surface area contributed by atoms with Crippen molar-refractivity contribution in [2.75, 3.05) is 5.75 Å². The van der Waals surface area contributed by atoms with Crippen molar-refractivity contribution in [3.05, 3.63) is 0 Å². The lowest BCUT2D eigenvalue weighted by molar-refractivity contribution is 0.522. The van der Waals surface area contributed by atoms with Gasteiger partial charge in [0.15, 0.2) is 20.9 Å². The minimum absolute atomic E-state index is 0.0679. The molecule has 1 rings (SSSR count). The first kappa shape index (κ1) is 9.11. The van der Waals surface area contributed by atoms with Gasteiger partial charge in [-0.3, -0.25) is 5.73 Å². The molecule has 2 atom stereocenters. The van der Waals surface area contributed by atoms with Crippen LogP contribution in [0.15, 0.2) is 0 Å². The number of hydrogen-bond donors (Lipinski definition) is 2. The van der Waals surface area contributed by atoms with Gasteiger partial charge in [0, 0.05) is 0 Å². The number of sulfone groups is 1. The van der Waals surface area contributed by atoms with Gasteiger partial charge < -0.3 is 4.55 Å². The van der Waals surface area contributed by atoms with Crippen molar-refractivity contribution in [3.8, 4) is 0 Å². The van der Waals surface area contributed by atoms with Crippen LogP contribution in [0.1, 0.15) is 12.8 Å². The van der Waals surface area contributed by atoms with Gasteiger partial charge in [-0.25, -0.2) is 12.6 Å². The van der Waals surface area contributed by atoms with E-state index in [1.54, 1.807) is 0 Å². The highest BCUT2D eigenvalue weighted by Crippen LogP contribution is 2.29. The highest BCUT2D eigenvalue weighted by molar-refractivity contribution is 8.05. The fourth-order valence-corrected chi connectivity index (χ4v) is 3.80. The maximum Gasteiger partial charge on any atom is 0.220 e. The summed E-state index contributed by atoms with van der Waals surface area (Å²) in [4.78, 5) is 0. The third-order valence-electron chi connectivity index (χ3n) is 1.76. The molecule has 66 valence electrons. The standard InChI is InChI=1S/C4H9NO4S2/c5-4(10(6)7)2-1-3-11(4,8)9/h1-3,5H2,(H,6,7). The third-order valence-corrected chi connectivity index (χ3v) is 5.83. The first-order valence-corrected chi connectivity index (χ1v) is 5.78. The van der Waals surface area contributed by atoms with Crippen LogP contribution in [0.25, 0.3) is 0 Å². The quantitative estimate of drug-likeness (QED) is 0.529. The van der Waals surface area contributed by atoms with E-state index in [2.05, 4.69) is 0 Å². The van der Waals surface area contributed by atoms with Crippen molar-refractivity contribution in [2.45, 2.75) is 17.0 Å². The number of nitrogens with two attached hydrogens (primary N) is 1. The number of hydrogen-bond acceptors (Lipinski definition) is 4. The maximum atomic E-state index is 11.0. The molecule has 0 radical (unpaired) electrons. The van der Waals surface area contributed by atoms with Crippen molar-refractivity contribution in [1.82, 2.24) is 0 Å². The van der Waals surface area contributed by atoms with Crippen LogP contribution in [0.5, 0.6) is 0 Å². The molecule has 5 nitrogen and oxygen atoms in total. The molecule has 0 aromatic carbocycles. The van der Waals surface area contributed by atoms with Crippen molar-refractivity contribution in [1.29, 1.82) is 0 Å². The van der Waals surface area contributed by atoms with E-state index in [0.717, 1.165) is 0 Å². The summed E-state index contributed by atoms with van der Waals surface area (Å²) < 4.78 is 39.3. The topological polar surface area (TPSA) is 97.5 Å². The Morgan fingerprint density at radius 1 is 1.55 bits per heavy atom. The molecule has 3 N–H and O–H groups in total. The Bertz CT molecular complexity index is 284. The SMILES string of the molecule is NC1(S(=O)O)CCCS1(=O)=O. The van der Waals surface area contributed by atoms with Gasteiger partial charge in [-0.15, -0.1) is 0 Å². The predicted molar refractivity (Wildman–Crippen MR) is 40.7 cm³/mol. The molecular weight excluding hydrogens is 190 g/mol. The molecule has 0 aliphatic carbocycles. The average molecular weight is 199 g/mol. The van der Waals surface area contributed by atoms with Crippen LogP contribution in [0.4, 0.5) is 0 Å². The predicted octanol–water partition coefficient (Wildman–Crippen LogP) is -0.971. The highest BCUT2D eigenvalue weighted by atomic mass is 32.3. The van der Waals surface area contributed by atoms with Crippen molar-refractivity contribution in [3.63, 3.8) is 0 Å². The normalized spacial score (nSPS) is 38.7. The van der Waals surface area contributed by atoms with E-state index < -0.39 is 25.1 Å². The highest BCUT2D eigenvalue weighted by Gasteiger charge is 2.49. The molecule has 1 aliphatic heterocycles. The van der Waals surface area contributed by atoms with Crippen LogP contribution in [0, 0.1) is 0 Å². The molecule has 0 amide bonds. The Morgan fingerprint density at radius 2 is 2.09 bits per heavy atom. The van der Waals surface area contributed by atoms with Gasteiger partial charge in [0.05, 0.1) is 5.75 Å². The molecule has 0 aromatic heterocycles. The molecule has 1 fully saturated rings. The van der Waals surface area contributed by atoms with Gasteiger partial charge in [-0.2, -0.15) is 0 Å². The first-order chi connectivity index (χ1) is 4.90. The summed E-state index contributed by atoms with van der Waals surface area (Å²) in [5, 5.41) is 0. The van der Waals surface area contributed by atoms with Crippen molar-refractivity contribution in [2.24, 2.45) is 5.73 Å². The van der Waals surface area contributed by atoms with E-state index in [-0.39, 0.29) is 12.2 Å². The second kappa shape index (κ2) is 2.51. The molecule has 1 saturated heterocycles. The second-order valence-electron chi connectivity index (χ2n) is 2.48. The summed E-state index contributed by atoms with van der Waals surface area (Å²) in [6, 6.07) is 0. The van der Waals surface area contributed by atoms with E-state index in [1.165, 1.54) is 0 Å². The van der Waals surface area contributed by atoms with E-state index in [0.29, 0.717) is 6.42 Å².